The molecule has 2 N–H and O–H groups in total. The standard InChI is InChI=1S/C22H25N3O5/c1-4-28-17-8-5-15(6-9-17)12-23-25-22(27)20(14(2)3)24-21(26)16-7-10-18-19(11-16)30-13-29-18/h5-12,14,20H,4,13H2,1-3H3,(H,24,26)(H,25,27)/b23-12+/t20-/m1/s1. The lowest BCUT2D eigenvalue weighted by Crippen LogP contribution is -2.48. The van der Waals surface area contributed by atoms with Gasteiger partial charge in [0.05, 0.1) is 12.8 Å². The second-order valence-electron chi connectivity index (χ2n) is 7.00. The molecule has 0 saturated heterocycles. The number of nitrogens with one attached hydrogen (secondary N) is 2. The molecule has 1 aliphatic heterocycles. The average Bonchev–Trinajstić information content (AvgIpc) is 3.21. The highest BCUT2D eigenvalue weighted by Gasteiger charge is 2.25. The number of benzene rings is 2. The van der Waals surface area contributed by atoms with Crippen LogP contribution in [0.4, 0.5) is 0 Å². The molecule has 2 aromatic carbocycles. The Morgan fingerprint density at radius 2 is 1.87 bits per heavy atom. The van der Waals surface area contributed by atoms with Gasteiger partial charge in [0.1, 0.15) is 11.8 Å². The number of nitrogens with zero attached hydrogens (tertiary/aromatic N) is 1. The summed E-state index contributed by atoms with van der Waals surface area (Å²) in [5, 5.41) is 6.75. The summed E-state index contributed by atoms with van der Waals surface area (Å²) in [7, 11) is 0. The van der Waals surface area contributed by atoms with Crippen LogP contribution >= 0.6 is 0 Å². The van der Waals surface area contributed by atoms with Gasteiger partial charge in [0, 0.05) is 5.56 Å². The molecule has 0 unspecified atom stereocenters. The van der Waals surface area contributed by atoms with E-state index in [9.17, 15) is 9.59 Å². The molecule has 1 aliphatic rings. The Bertz CT molecular complexity index is 925. The first kappa shape index (κ1) is 21.2. The summed E-state index contributed by atoms with van der Waals surface area (Å²) in [5.74, 6) is 0.953. The van der Waals surface area contributed by atoms with Crippen molar-refractivity contribution < 1.29 is 23.8 Å². The van der Waals surface area contributed by atoms with Gasteiger partial charge in [0.15, 0.2) is 11.5 Å². The van der Waals surface area contributed by atoms with E-state index in [1.807, 2.05) is 45.0 Å². The van der Waals surface area contributed by atoms with Crippen molar-refractivity contribution in [3.05, 3.63) is 53.6 Å². The Balaban J connectivity index is 1.59. The number of rotatable bonds is 8. The van der Waals surface area contributed by atoms with E-state index in [0.717, 1.165) is 11.3 Å². The van der Waals surface area contributed by atoms with Gasteiger partial charge in [0.25, 0.3) is 11.8 Å². The largest absolute Gasteiger partial charge is 0.494 e. The highest BCUT2D eigenvalue weighted by Crippen LogP contribution is 2.32. The van der Waals surface area contributed by atoms with Crippen molar-refractivity contribution >= 4 is 18.0 Å². The average molecular weight is 411 g/mol. The van der Waals surface area contributed by atoms with Crippen LogP contribution in [0.1, 0.15) is 36.7 Å². The molecule has 2 amide bonds. The number of carbonyl (C=O) groups excluding carboxylic acids is 2. The van der Waals surface area contributed by atoms with E-state index in [1.54, 1.807) is 18.2 Å². The van der Waals surface area contributed by atoms with E-state index in [2.05, 4.69) is 15.8 Å². The summed E-state index contributed by atoms with van der Waals surface area (Å²) in [6, 6.07) is 11.5. The maximum absolute atomic E-state index is 12.6. The minimum atomic E-state index is -0.750. The fourth-order valence-corrected chi connectivity index (χ4v) is 2.85. The molecule has 30 heavy (non-hydrogen) atoms. The molecular formula is C22H25N3O5. The van der Waals surface area contributed by atoms with Crippen LogP contribution in [0.3, 0.4) is 0 Å². The van der Waals surface area contributed by atoms with Crippen molar-refractivity contribution in [1.29, 1.82) is 0 Å². The molecular weight excluding hydrogens is 386 g/mol. The van der Waals surface area contributed by atoms with Gasteiger partial charge in [-0.15, -0.1) is 0 Å². The van der Waals surface area contributed by atoms with E-state index >= 15 is 0 Å². The van der Waals surface area contributed by atoms with E-state index < -0.39 is 11.9 Å². The van der Waals surface area contributed by atoms with E-state index in [4.69, 9.17) is 14.2 Å². The molecule has 0 aliphatic carbocycles. The maximum Gasteiger partial charge on any atom is 0.262 e. The van der Waals surface area contributed by atoms with Gasteiger partial charge < -0.3 is 19.5 Å². The summed E-state index contributed by atoms with van der Waals surface area (Å²) < 4.78 is 15.9. The summed E-state index contributed by atoms with van der Waals surface area (Å²) >= 11 is 0. The van der Waals surface area contributed by atoms with Crippen LogP contribution in [0.2, 0.25) is 0 Å². The number of amides is 2. The minimum absolute atomic E-state index is 0.129. The second-order valence-corrected chi connectivity index (χ2v) is 7.00. The lowest BCUT2D eigenvalue weighted by Gasteiger charge is -2.20. The third-order valence-corrected chi connectivity index (χ3v) is 4.45. The van der Waals surface area contributed by atoms with Crippen LogP contribution in [0.25, 0.3) is 0 Å². The zero-order valence-electron chi connectivity index (χ0n) is 17.2. The topological polar surface area (TPSA) is 98.2 Å². The van der Waals surface area contributed by atoms with E-state index in [-0.39, 0.29) is 18.6 Å². The van der Waals surface area contributed by atoms with Gasteiger partial charge in [-0.2, -0.15) is 5.10 Å². The predicted molar refractivity (Wildman–Crippen MR) is 112 cm³/mol. The van der Waals surface area contributed by atoms with Crippen LogP contribution in [0.5, 0.6) is 17.2 Å². The van der Waals surface area contributed by atoms with Gasteiger partial charge in [-0.3, -0.25) is 9.59 Å². The Morgan fingerprint density at radius 3 is 2.57 bits per heavy atom. The van der Waals surface area contributed by atoms with Crippen molar-refractivity contribution in [3.63, 3.8) is 0 Å². The third-order valence-electron chi connectivity index (χ3n) is 4.45. The molecule has 0 radical (unpaired) electrons. The number of hydrazone groups is 1. The van der Waals surface area contributed by atoms with Gasteiger partial charge in [-0.05, 0) is 60.9 Å². The summed E-state index contributed by atoms with van der Waals surface area (Å²) in [4.78, 5) is 25.2. The van der Waals surface area contributed by atoms with Crippen LogP contribution in [0.15, 0.2) is 47.6 Å². The van der Waals surface area contributed by atoms with Crippen molar-refractivity contribution in [2.24, 2.45) is 11.0 Å². The highest BCUT2D eigenvalue weighted by molar-refractivity contribution is 5.98. The lowest BCUT2D eigenvalue weighted by molar-refractivity contribution is -0.123. The molecule has 0 aromatic heterocycles. The minimum Gasteiger partial charge on any atom is -0.494 e. The Morgan fingerprint density at radius 1 is 1.13 bits per heavy atom. The molecule has 8 heteroatoms. The molecule has 0 bridgehead atoms. The number of carbonyl (C=O) groups is 2. The van der Waals surface area contributed by atoms with Crippen molar-refractivity contribution in [1.82, 2.24) is 10.7 Å². The van der Waals surface area contributed by atoms with Crippen LogP contribution in [0, 0.1) is 5.92 Å². The van der Waals surface area contributed by atoms with Gasteiger partial charge in [-0.1, -0.05) is 13.8 Å². The van der Waals surface area contributed by atoms with Gasteiger partial charge in [0.2, 0.25) is 6.79 Å². The molecule has 3 rings (SSSR count). The SMILES string of the molecule is CCOc1ccc(/C=N/NC(=O)[C@H](NC(=O)c2ccc3c(c2)OCO3)C(C)C)cc1. The Hall–Kier alpha value is -3.55. The first-order chi connectivity index (χ1) is 14.5. The second kappa shape index (κ2) is 9.78. The van der Waals surface area contributed by atoms with E-state index in [1.165, 1.54) is 6.21 Å². The normalized spacial score (nSPS) is 13.3. The van der Waals surface area contributed by atoms with Gasteiger partial charge in [-0.25, -0.2) is 5.43 Å². The van der Waals surface area contributed by atoms with Crippen molar-refractivity contribution in [2.45, 2.75) is 26.8 Å². The molecule has 1 atom stereocenters. The number of fused-ring (bicyclic) bond motifs is 1. The predicted octanol–water partition coefficient (Wildman–Crippen LogP) is 2.72. The van der Waals surface area contributed by atoms with Crippen LogP contribution < -0.4 is 25.0 Å². The molecule has 0 spiro atoms. The summed E-state index contributed by atoms with van der Waals surface area (Å²) in [6.45, 7) is 6.34. The van der Waals surface area contributed by atoms with Crippen LogP contribution in [-0.4, -0.2) is 37.5 Å². The first-order valence-corrected chi connectivity index (χ1v) is 9.74. The Labute approximate surface area is 175 Å². The van der Waals surface area contributed by atoms with Crippen LogP contribution in [-0.2, 0) is 4.79 Å². The number of hydrogen-bond donors (Lipinski definition) is 2. The third kappa shape index (κ3) is 5.28. The quantitative estimate of drug-likeness (QED) is 0.514. The fraction of sp³-hybridized carbons (Fsp3) is 0.318. The summed E-state index contributed by atoms with van der Waals surface area (Å²) in [6.07, 6.45) is 1.53. The Kier molecular flexibility index (Phi) is 6.90. The fourth-order valence-electron chi connectivity index (χ4n) is 2.85. The number of ether oxygens (including phenoxy) is 3. The molecule has 158 valence electrons. The number of hydrogen-bond acceptors (Lipinski definition) is 6. The van der Waals surface area contributed by atoms with Gasteiger partial charge >= 0.3 is 0 Å². The highest BCUT2D eigenvalue weighted by atomic mass is 16.7. The van der Waals surface area contributed by atoms with Crippen molar-refractivity contribution in [2.75, 3.05) is 13.4 Å². The molecule has 8 nitrogen and oxygen atoms in total. The van der Waals surface area contributed by atoms with Crippen molar-refractivity contribution in [3.8, 4) is 17.2 Å². The maximum atomic E-state index is 12.6. The molecule has 1 heterocycles. The summed E-state index contributed by atoms with van der Waals surface area (Å²) in [5.41, 5.74) is 3.68. The zero-order chi connectivity index (χ0) is 21.5. The molecule has 0 fully saturated rings. The van der Waals surface area contributed by atoms with E-state index in [0.29, 0.717) is 23.7 Å². The molecule has 0 saturated carbocycles. The first-order valence-electron chi connectivity index (χ1n) is 9.74. The monoisotopic (exact) mass is 411 g/mol. The zero-order valence-corrected chi connectivity index (χ0v) is 17.2. The molecule has 2 aromatic rings. The lowest BCUT2D eigenvalue weighted by atomic mass is 10.0. The smallest absolute Gasteiger partial charge is 0.262 e.